The fourth-order valence-electron chi connectivity index (χ4n) is 5.96. The fourth-order valence-corrected chi connectivity index (χ4v) is 5.96. The average Bonchev–Trinajstić information content (AvgIpc) is 2.84. The number of carbonyl (C=O) groups is 1. The Labute approximate surface area is 192 Å². The largest absolute Gasteiger partial charge is 0.388 e. The summed E-state index contributed by atoms with van der Waals surface area (Å²) in [5.74, 6) is 3.94. The molecule has 0 spiro atoms. The van der Waals surface area contributed by atoms with E-state index in [1.54, 1.807) is 5.56 Å². The topological polar surface area (TPSA) is 29.1 Å². The summed E-state index contributed by atoms with van der Waals surface area (Å²) < 4.78 is 0. The quantitative estimate of drug-likeness (QED) is 0.245. The lowest BCUT2D eigenvalue weighted by atomic mass is 9.68. The molecular weight excluding hydrogens is 378 g/mol. The Bertz CT molecular complexity index is 630. The smallest absolute Gasteiger partial charge is 0.142 e. The average molecular weight is 426 g/mol. The number of allylic oxidation sites excluding steroid dienone is 1. The first-order valence-electron chi connectivity index (χ1n) is 13.0. The first-order chi connectivity index (χ1) is 15.2. The molecule has 2 fully saturated rings. The third-order valence-corrected chi connectivity index (χ3v) is 7.89. The van der Waals surface area contributed by atoms with Gasteiger partial charge in [0.25, 0.3) is 0 Å². The van der Waals surface area contributed by atoms with Crippen molar-refractivity contribution in [2.75, 3.05) is 12.4 Å². The van der Waals surface area contributed by atoms with Gasteiger partial charge in [0.05, 0.1) is 0 Å². The van der Waals surface area contributed by atoms with Crippen molar-refractivity contribution in [3.8, 4) is 0 Å². The van der Waals surface area contributed by atoms with E-state index >= 15 is 0 Å². The number of benzene rings is 1. The molecule has 2 aliphatic carbocycles. The molecule has 0 unspecified atom stereocenters. The third-order valence-electron chi connectivity index (χ3n) is 7.89. The van der Waals surface area contributed by atoms with Crippen LogP contribution in [0.1, 0.15) is 108 Å². The molecule has 2 aliphatic rings. The Kier molecular flexibility index (Phi) is 12.0. The number of hydrogen-bond acceptors (Lipinski definition) is 2. The molecular formula is C29H47NO. The molecule has 1 aromatic carbocycles. The second-order valence-corrected chi connectivity index (χ2v) is 9.78. The van der Waals surface area contributed by atoms with Crippen LogP contribution in [0.25, 0.3) is 0 Å². The van der Waals surface area contributed by atoms with Crippen molar-refractivity contribution >= 4 is 12.0 Å². The zero-order chi connectivity index (χ0) is 22.5. The molecule has 0 saturated heterocycles. The Morgan fingerprint density at radius 1 is 0.968 bits per heavy atom. The second kappa shape index (κ2) is 14.5. The van der Waals surface area contributed by atoms with Crippen LogP contribution in [0.15, 0.2) is 30.9 Å². The van der Waals surface area contributed by atoms with Crippen LogP contribution >= 0.6 is 0 Å². The summed E-state index contributed by atoms with van der Waals surface area (Å²) in [7, 11) is 2.04. The molecule has 0 aromatic heterocycles. The van der Waals surface area contributed by atoms with E-state index in [0.717, 1.165) is 30.1 Å². The highest BCUT2D eigenvalue weighted by molar-refractivity contribution is 5.63. The first kappa shape index (κ1) is 25.7. The van der Waals surface area contributed by atoms with Gasteiger partial charge in [-0.05, 0) is 91.9 Å². The molecule has 0 radical (unpaired) electrons. The van der Waals surface area contributed by atoms with E-state index in [1.807, 2.05) is 7.05 Å². The summed E-state index contributed by atoms with van der Waals surface area (Å²) in [6, 6.07) is 7.18. The van der Waals surface area contributed by atoms with E-state index in [4.69, 9.17) is 4.79 Å². The van der Waals surface area contributed by atoms with Crippen LogP contribution in [0.3, 0.4) is 0 Å². The Morgan fingerprint density at radius 2 is 1.58 bits per heavy atom. The number of carbonyl (C=O) groups excluding carboxylic acids is 1. The standard InChI is InChI=1S/C26H43N.C3H4O/c1-4-6-7-8-20-9-11-22(12-10-20)23-13-15-24(16-14-23)25-17-18-26(27-3)21(5-2)19-25;1-2-3-4/h17-20,22-24,27H,4-16H2,1-3H3;2-3H,1H2. The molecule has 3 rings (SSSR count). The second-order valence-electron chi connectivity index (χ2n) is 9.78. The fraction of sp³-hybridized carbons (Fsp3) is 0.690. The number of aldehydes is 1. The molecule has 0 amide bonds. The first-order valence-corrected chi connectivity index (χ1v) is 13.0. The maximum Gasteiger partial charge on any atom is 0.142 e. The van der Waals surface area contributed by atoms with Crippen molar-refractivity contribution < 1.29 is 4.79 Å². The maximum atomic E-state index is 9.06. The molecule has 1 N–H and O–H groups in total. The van der Waals surface area contributed by atoms with Gasteiger partial charge in [-0.25, -0.2) is 0 Å². The number of unbranched alkanes of at least 4 members (excludes halogenated alkanes) is 2. The number of hydrogen-bond donors (Lipinski definition) is 1. The molecule has 2 nitrogen and oxygen atoms in total. The molecule has 2 heteroatoms. The van der Waals surface area contributed by atoms with Crippen LogP contribution in [0, 0.1) is 17.8 Å². The molecule has 0 aliphatic heterocycles. The number of nitrogens with one attached hydrogen (secondary N) is 1. The number of anilines is 1. The van der Waals surface area contributed by atoms with Gasteiger partial charge in [-0.15, -0.1) is 0 Å². The van der Waals surface area contributed by atoms with Crippen LogP contribution in [0.5, 0.6) is 0 Å². The molecule has 31 heavy (non-hydrogen) atoms. The Hall–Kier alpha value is -1.57. The highest BCUT2D eigenvalue weighted by Gasteiger charge is 2.31. The zero-order valence-corrected chi connectivity index (χ0v) is 20.5. The minimum atomic E-state index is 0.639. The van der Waals surface area contributed by atoms with Crippen molar-refractivity contribution in [1.82, 2.24) is 0 Å². The third kappa shape index (κ3) is 8.13. The van der Waals surface area contributed by atoms with Gasteiger partial charge < -0.3 is 5.32 Å². The number of aryl methyl sites for hydroxylation is 1. The van der Waals surface area contributed by atoms with Crippen molar-refractivity contribution in [2.45, 2.75) is 103 Å². The lowest BCUT2D eigenvalue weighted by molar-refractivity contribution is -0.104. The normalized spacial score (nSPS) is 25.8. The van der Waals surface area contributed by atoms with Crippen LogP contribution in [0.2, 0.25) is 0 Å². The predicted octanol–water partition coefficient (Wildman–Crippen LogP) is 8.32. The van der Waals surface area contributed by atoms with Gasteiger partial charge in [-0.2, -0.15) is 0 Å². The van der Waals surface area contributed by atoms with Crippen molar-refractivity contribution in [3.05, 3.63) is 42.0 Å². The van der Waals surface area contributed by atoms with E-state index in [-0.39, 0.29) is 0 Å². The van der Waals surface area contributed by atoms with Crippen molar-refractivity contribution in [2.24, 2.45) is 17.8 Å². The molecule has 174 valence electrons. The lowest BCUT2D eigenvalue weighted by Gasteiger charge is -2.38. The van der Waals surface area contributed by atoms with E-state index in [0.29, 0.717) is 6.29 Å². The van der Waals surface area contributed by atoms with Crippen LogP contribution in [-0.4, -0.2) is 13.3 Å². The Morgan fingerprint density at radius 3 is 2.10 bits per heavy atom. The summed E-state index contributed by atoms with van der Waals surface area (Å²) in [5, 5.41) is 3.35. The SMILES string of the molecule is C=CC=O.CCCCCC1CCC(C2CCC(c3ccc(NC)c(CC)c3)CC2)CC1. The molecule has 1 aromatic rings. The monoisotopic (exact) mass is 425 g/mol. The predicted molar refractivity (Wildman–Crippen MR) is 136 cm³/mol. The molecule has 0 bridgehead atoms. The maximum absolute atomic E-state index is 9.06. The zero-order valence-electron chi connectivity index (χ0n) is 20.5. The number of rotatable bonds is 9. The summed E-state index contributed by atoms with van der Waals surface area (Å²) in [6.45, 7) is 7.71. The summed E-state index contributed by atoms with van der Waals surface area (Å²) in [5.41, 5.74) is 4.40. The van der Waals surface area contributed by atoms with Crippen LogP contribution in [0.4, 0.5) is 5.69 Å². The van der Waals surface area contributed by atoms with Gasteiger partial charge in [0, 0.05) is 12.7 Å². The van der Waals surface area contributed by atoms with E-state index in [1.165, 1.54) is 94.4 Å². The van der Waals surface area contributed by atoms with Gasteiger partial charge in [0.1, 0.15) is 6.29 Å². The molecule has 2 saturated carbocycles. The van der Waals surface area contributed by atoms with E-state index in [2.05, 4.69) is 43.9 Å². The molecule has 0 atom stereocenters. The highest BCUT2D eigenvalue weighted by atomic mass is 16.1. The van der Waals surface area contributed by atoms with Crippen LogP contribution < -0.4 is 5.32 Å². The van der Waals surface area contributed by atoms with Gasteiger partial charge in [-0.1, -0.05) is 71.1 Å². The minimum absolute atomic E-state index is 0.639. The van der Waals surface area contributed by atoms with Gasteiger partial charge in [-0.3, -0.25) is 4.79 Å². The van der Waals surface area contributed by atoms with Gasteiger partial charge >= 0.3 is 0 Å². The van der Waals surface area contributed by atoms with Crippen molar-refractivity contribution in [1.29, 1.82) is 0 Å². The summed E-state index contributed by atoms with van der Waals surface area (Å²) in [4.78, 5) is 9.06. The van der Waals surface area contributed by atoms with E-state index in [9.17, 15) is 0 Å². The summed E-state index contributed by atoms with van der Waals surface area (Å²) >= 11 is 0. The van der Waals surface area contributed by atoms with Gasteiger partial charge in [0.15, 0.2) is 0 Å². The van der Waals surface area contributed by atoms with E-state index < -0.39 is 0 Å². The van der Waals surface area contributed by atoms with Crippen LogP contribution in [-0.2, 0) is 11.2 Å². The Balaban J connectivity index is 0.000000785. The molecule has 0 heterocycles. The lowest BCUT2D eigenvalue weighted by Crippen LogP contribution is -2.25. The van der Waals surface area contributed by atoms with Gasteiger partial charge in [0.2, 0.25) is 0 Å². The minimum Gasteiger partial charge on any atom is -0.388 e. The highest BCUT2D eigenvalue weighted by Crippen LogP contribution is 2.44. The van der Waals surface area contributed by atoms with Crippen molar-refractivity contribution in [3.63, 3.8) is 0 Å². The summed E-state index contributed by atoms with van der Waals surface area (Å²) in [6.07, 6.45) is 20.7.